The van der Waals surface area contributed by atoms with Crippen molar-refractivity contribution in [3.05, 3.63) is 54.6 Å². The summed E-state index contributed by atoms with van der Waals surface area (Å²) in [7, 11) is -3.66. The summed E-state index contributed by atoms with van der Waals surface area (Å²) < 4.78 is 22.8. The van der Waals surface area contributed by atoms with E-state index in [2.05, 4.69) is 0 Å². The molecule has 0 amide bonds. The number of fused-ring (bicyclic) bond motifs is 3. The quantitative estimate of drug-likeness (QED) is 0.681. The third kappa shape index (κ3) is 1.75. The zero-order valence-corrected chi connectivity index (χ0v) is 10.3. The lowest BCUT2D eigenvalue weighted by Crippen LogP contribution is -2.11. The van der Waals surface area contributed by atoms with E-state index in [9.17, 15) is 8.42 Å². The largest absolute Gasteiger partial charge is 0.238 e. The molecule has 0 aliphatic carbocycles. The van der Waals surface area contributed by atoms with Crippen LogP contribution in [0.5, 0.6) is 0 Å². The first kappa shape index (κ1) is 11.2. The van der Waals surface area contributed by atoms with Gasteiger partial charge in [0.25, 0.3) is 0 Å². The van der Waals surface area contributed by atoms with E-state index in [1.807, 2.05) is 36.4 Å². The molecule has 0 aliphatic rings. The van der Waals surface area contributed by atoms with Crippen LogP contribution in [0.15, 0.2) is 59.5 Å². The first-order valence-electron chi connectivity index (χ1n) is 5.50. The van der Waals surface area contributed by atoms with E-state index in [0.717, 1.165) is 21.5 Å². The second kappa shape index (κ2) is 3.80. The summed E-state index contributed by atoms with van der Waals surface area (Å²) in [5, 5.41) is 9.18. The molecule has 90 valence electrons. The minimum Gasteiger partial charge on any atom is -0.225 e. The van der Waals surface area contributed by atoms with Gasteiger partial charge in [-0.25, -0.2) is 13.6 Å². The zero-order valence-electron chi connectivity index (χ0n) is 9.50. The van der Waals surface area contributed by atoms with Crippen LogP contribution in [0.3, 0.4) is 0 Å². The molecular formula is C14H11NO2S. The molecule has 0 saturated heterocycles. The van der Waals surface area contributed by atoms with Crippen LogP contribution in [0.25, 0.3) is 21.5 Å². The monoisotopic (exact) mass is 257 g/mol. The van der Waals surface area contributed by atoms with E-state index in [1.54, 1.807) is 12.1 Å². The molecular weight excluding hydrogens is 246 g/mol. The number of benzene rings is 3. The maximum absolute atomic E-state index is 11.4. The van der Waals surface area contributed by atoms with E-state index in [0.29, 0.717) is 0 Å². The Labute approximate surface area is 105 Å². The number of rotatable bonds is 1. The van der Waals surface area contributed by atoms with Crippen LogP contribution in [0.2, 0.25) is 0 Å². The van der Waals surface area contributed by atoms with Gasteiger partial charge >= 0.3 is 0 Å². The van der Waals surface area contributed by atoms with Gasteiger partial charge in [0.2, 0.25) is 10.0 Å². The first-order valence-corrected chi connectivity index (χ1v) is 7.05. The molecule has 3 aromatic carbocycles. The summed E-state index contributed by atoms with van der Waals surface area (Å²) >= 11 is 0. The van der Waals surface area contributed by atoms with E-state index in [4.69, 9.17) is 5.14 Å². The first-order chi connectivity index (χ1) is 8.55. The Morgan fingerprint density at radius 3 is 2.11 bits per heavy atom. The van der Waals surface area contributed by atoms with E-state index in [1.165, 1.54) is 6.07 Å². The van der Waals surface area contributed by atoms with Gasteiger partial charge in [-0.3, -0.25) is 0 Å². The van der Waals surface area contributed by atoms with Gasteiger partial charge in [-0.2, -0.15) is 0 Å². The second-order valence-corrected chi connectivity index (χ2v) is 5.78. The second-order valence-electron chi connectivity index (χ2n) is 4.21. The highest BCUT2D eigenvalue weighted by Crippen LogP contribution is 2.27. The molecule has 2 N–H and O–H groups in total. The molecule has 3 nitrogen and oxygen atoms in total. The van der Waals surface area contributed by atoms with Gasteiger partial charge in [0.15, 0.2) is 0 Å². The Kier molecular flexibility index (Phi) is 2.36. The fourth-order valence-corrected chi connectivity index (χ4v) is 2.70. The SMILES string of the molecule is NS(=O)(=O)c1ccc2ccc3ccccc3c2c1. The van der Waals surface area contributed by atoms with Gasteiger partial charge in [0, 0.05) is 0 Å². The fraction of sp³-hybridized carbons (Fsp3) is 0. The lowest BCUT2D eigenvalue weighted by molar-refractivity contribution is 0.598. The molecule has 0 spiro atoms. The standard InChI is InChI=1S/C14H11NO2S/c15-18(16,17)12-8-7-11-6-5-10-3-1-2-4-13(10)14(11)9-12/h1-9H,(H2,15,16,17). The van der Waals surface area contributed by atoms with Gasteiger partial charge in [0.05, 0.1) is 4.90 Å². The Morgan fingerprint density at radius 1 is 0.778 bits per heavy atom. The highest BCUT2D eigenvalue weighted by Gasteiger charge is 2.09. The number of primary sulfonamides is 1. The van der Waals surface area contributed by atoms with Crippen molar-refractivity contribution < 1.29 is 8.42 Å². The van der Waals surface area contributed by atoms with Crippen LogP contribution in [-0.4, -0.2) is 8.42 Å². The van der Waals surface area contributed by atoms with E-state index < -0.39 is 10.0 Å². The fourth-order valence-electron chi connectivity index (χ4n) is 2.16. The molecule has 0 saturated carbocycles. The van der Waals surface area contributed by atoms with Gasteiger partial charge in [-0.05, 0) is 33.7 Å². The van der Waals surface area contributed by atoms with Crippen LogP contribution in [0.1, 0.15) is 0 Å². The van der Waals surface area contributed by atoms with Crippen molar-refractivity contribution in [2.24, 2.45) is 5.14 Å². The number of nitrogens with two attached hydrogens (primary N) is 1. The van der Waals surface area contributed by atoms with Crippen LogP contribution in [-0.2, 0) is 10.0 Å². The average Bonchev–Trinajstić information content (AvgIpc) is 2.37. The van der Waals surface area contributed by atoms with Crippen LogP contribution >= 0.6 is 0 Å². The molecule has 0 fully saturated rings. The molecule has 0 aliphatic heterocycles. The third-order valence-electron chi connectivity index (χ3n) is 3.05. The normalized spacial score (nSPS) is 12.1. The third-order valence-corrected chi connectivity index (χ3v) is 3.96. The molecule has 3 rings (SSSR count). The predicted molar refractivity (Wildman–Crippen MR) is 72.8 cm³/mol. The van der Waals surface area contributed by atoms with Gasteiger partial charge in [-0.1, -0.05) is 42.5 Å². The molecule has 4 heteroatoms. The number of hydrogen-bond donors (Lipinski definition) is 1. The molecule has 0 unspecified atom stereocenters. The molecule has 0 radical (unpaired) electrons. The maximum atomic E-state index is 11.4. The molecule has 0 aromatic heterocycles. The minimum absolute atomic E-state index is 0.145. The van der Waals surface area contributed by atoms with Crippen molar-refractivity contribution in [3.63, 3.8) is 0 Å². The Morgan fingerprint density at radius 2 is 1.39 bits per heavy atom. The van der Waals surface area contributed by atoms with Crippen molar-refractivity contribution in [2.75, 3.05) is 0 Å². The lowest BCUT2D eigenvalue weighted by Gasteiger charge is -2.05. The zero-order chi connectivity index (χ0) is 12.8. The molecule has 0 bridgehead atoms. The van der Waals surface area contributed by atoms with Crippen molar-refractivity contribution in [1.29, 1.82) is 0 Å². The molecule has 3 aromatic rings. The van der Waals surface area contributed by atoms with Gasteiger partial charge < -0.3 is 0 Å². The summed E-state index contributed by atoms with van der Waals surface area (Å²) in [5.41, 5.74) is 0. The van der Waals surface area contributed by atoms with Crippen molar-refractivity contribution in [3.8, 4) is 0 Å². The highest BCUT2D eigenvalue weighted by atomic mass is 32.2. The topological polar surface area (TPSA) is 60.2 Å². The molecule has 0 atom stereocenters. The van der Waals surface area contributed by atoms with Crippen molar-refractivity contribution in [2.45, 2.75) is 4.90 Å². The minimum atomic E-state index is -3.66. The number of sulfonamides is 1. The summed E-state index contributed by atoms with van der Waals surface area (Å²) in [5.74, 6) is 0. The highest BCUT2D eigenvalue weighted by molar-refractivity contribution is 7.89. The summed E-state index contributed by atoms with van der Waals surface area (Å²) in [6, 6.07) is 16.8. The maximum Gasteiger partial charge on any atom is 0.238 e. The van der Waals surface area contributed by atoms with Crippen molar-refractivity contribution >= 4 is 31.6 Å². The predicted octanol–water partition coefficient (Wildman–Crippen LogP) is 2.64. The molecule has 0 heterocycles. The smallest absolute Gasteiger partial charge is 0.225 e. The Bertz CT molecular complexity index is 854. The molecule has 18 heavy (non-hydrogen) atoms. The summed E-state index contributed by atoms with van der Waals surface area (Å²) in [4.78, 5) is 0.145. The average molecular weight is 257 g/mol. The van der Waals surface area contributed by atoms with E-state index in [-0.39, 0.29) is 4.90 Å². The van der Waals surface area contributed by atoms with Gasteiger partial charge in [-0.15, -0.1) is 0 Å². The summed E-state index contributed by atoms with van der Waals surface area (Å²) in [6.07, 6.45) is 0. The van der Waals surface area contributed by atoms with Crippen molar-refractivity contribution in [1.82, 2.24) is 0 Å². The summed E-state index contributed by atoms with van der Waals surface area (Å²) in [6.45, 7) is 0. The van der Waals surface area contributed by atoms with Crippen LogP contribution in [0, 0.1) is 0 Å². The number of hydrogen-bond acceptors (Lipinski definition) is 2. The van der Waals surface area contributed by atoms with Crippen LogP contribution in [0.4, 0.5) is 0 Å². The Balaban J connectivity index is 2.48. The lowest BCUT2D eigenvalue weighted by atomic mass is 10.0. The Hall–Kier alpha value is -1.91. The van der Waals surface area contributed by atoms with Crippen LogP contribution < -0.4 is 5.14 Å². The van der Waals surface area contributed by atoms with E-state index >= 15 is 0 Å². The van der Waals surface area contributed by atoms with Gasteiger partial charge in [0.1, 0.15) is 0 Å².